The van der Waals surface area contributed by atoms with Crippen LogP contribution in [0.3, 0.4) is 0 Å². The molecule has 0 unspecified atom stereocenters. The minimum absolute atomic E-state index is 0.0502. The molecular formula is C15H26N2O3. The maximum absolute atomic E-state index is 12.0. The Labute approximate surface area is 121 Å². The summed E-state index contributed by atoms with van der Waals surface area (Å²) in [7, 11) is 0. The number of carbonyl (C=O) groups excluding carboxylic acids is 1. The molecule has 0 aliphatic rings. The highest BCUT2D eigenvalue weighted by atomic mass is 16.4. The van der Waals surface area contributed by atoms with E-state index in [0.29, 0.717) is 25.6 Å². The molecule has 0 radical (unpaired) electrons. The molecule has 0 heterocycles. The lowest BCUT2D eigenvalue weighted by Crippen LogP contribution is -2.42. The van der Waals surface area contributed by atoms with Crippen LogP contribution in [0.4, 0.5) is 4.79 Å². The summed E-state index contributed by atoms with van der Waals surface area (Å²) in [5.74, 6) is -0.488. The number of rotatable bonds is 10. The molecular weight excluding hydrogens is 256 g/mol. The van der Waals surface area contributed by atoms with Crippen molar-refractivity contribution in [2.75, 3.05) is 19.6 Å². The van der Waals surface area contributed by atoms with E-state index in [0.717, 1.165) is 6.42 Å². The second kappa shape index (κ2) is 10.1. The summed E-state index contributed by atoms with van der Waals surface area (Å²) in [6.07, 6.45) is 4.13. The van der Waals surface area contributed by atoms with E-state index in [4.69, 9.17) is 5.11 Å². The Morgan fingerprint density at radius 3 is 2.20 bits per heavy atom. The van der Waals surface area contributed by atoms with Crippen molar-refractivity contribution < 1.29 is 14.7 Å². The minimum atomic E-state index is -0.834. The number of carbonyl (C=O) groups is 2. The van der Waals surface area contributed by atoms with Crippen LogP contribution in [0.1, 0.15) is 26.7 Å². The van der Waals surface area contributed by atoms with Crippen molar-refractivity contribution >= 4 is 12.0 Å². The molecule has 0 aromatic rings. The van der Waals surface area contributed by atoms with Crippen LogP contribution >= 0.6 is 0 Å². The molecule has 2 amide bonds. The van der Waals surface area contributed by atoms with Gasteiger partial charge in [0.25, 0.3) is 0 Å². The Balaban J connectivity index is 4.41. The molecule has 5 heteroatoms. The number of nitrogens with one attached hydrogen (secondary N) is 1. The Morgan fingerprint density at radius 2 is 1.80 bits per heavy atom. The van der Waals surface area contributed by atoms with Crippen molar-refractivity contribution in [3.8, 4) is 0 Å². The van der Waals surface area contributed by atoms with E-state index < -0.39 is 5.97 Å². The second-order valence-corrected chi connectivity index (χ2v) is 5.26. The minimum Gasteiger partial charge on any atom is -0.481 e. The zero-order valence-corrected chi connectivity index (χ0v) is 12.5. The number of nitrogens with zero attached hydrogens (tertiary/aromatic N) is 1. The second-order valence-electron chi connectivity index (χ2n) is 5.26. The lowest BCUT2D eigenvalue weighted by atomic mass is 9.94. The van der Waals surface area contributed by atoms with Crippen LogP contribution in [0.5, 0.6) is 0 Å². The first-order chi connectivity index (χ1) is 9.40. The number of hydrogen-bond acceptors (Lipinski definition) is 2. The van der Waals surface area contributed by atoms with Gasteiger partial charge in [-0.25, -0.2) is 4.79 Å². The lowest BCUT2D eigenvalue weighted by molar-refractivity contribution is -0.138. The summed E-state index contributed by atoms with van der Waals surface area (Å²) in [4.78, 5) is 24.4. The summed E-state index contributed by atoms with van der Waals surface area (Å²) in [6.45, 7) is 12.5. The Hall–Kier alpha value is -1.78. The normalized spacial score (nSPS) is 11.8. The van der Waals surface area contributed by atoms with Crippen molar-refractivity contribution in [2.24, 2.45) is 11.8 Å². The maximum Gasteiger partial charge on any atom is 0.317 e. The van der Waals surface area contributed by atoms with Gasteiger partial charge in [0.05, 0.1) is 0 Å². The topological polar surface area (TPSA) is 69.6 Å². The van der Waals surface area contributed by atoms with Crippen LogP contribution in [-0.4, -0.2) is 41.6 Å². The van der Waals surface area contributed by atoms with E-state index in [-0.39, 0.29) is 18.4 Å². The van der Waals surface area contributed by atoms with Crippen LogP contribution in [0.15, 0.2) is 25.3 Å². The van der Waals surface area contributed by atoms with Crippen molar-refractivity contribution in [1.29, 1.82) is 0 Å². The van der Waals surface area contributed by atoms with Gasteiger partial charge >= 0.3 is 12.0 Å². The van der Waals surface area contributed by atoms with E-state index in [2.05, 4.69) is 18.5 Å². The van der Waals surface area contributed by atoms with E-state index in [9.17, 15) is 9.59 Å². The van der Waals surface area contributed by atoms with Gasteiger partial charge in [-0.15, -0.1) is 13.2 Å². The summed E-state index contributed by atoms with van der Waals surface area (Å²) in [5, 5.41) is 11.7. The van der Waals surface area contributed by atoms with Crippen molar-refractivity contribution in [3.05, 3.63) is 25.3 Å². The van der Waals surface area contributed by atoms with Crippen molar-refractivity contribution in [3.63, 3.8) is 0 Å². The first-order valence-electron chi connectivity index (χ1n) is 6.87. The quantitative estimate of drug-likeness (QED) is 0.605. The lowest BCUT2D eigenvalue weighted by Gasteiger charge is -2.23. The number of carboxylic acid groups (broad SMARTS) is 1. The van der Waals surface area contributed by atoms with Crippen LogP contribution in [0.2, 0.25) is 0 Å². The summed E-state index contributed by atoms with van der Waals surface area (Å²) in [5.41, 5.74) is 0. The van der Waals surface area contributed by atoms with Gasteiger partial charge in [0, 0.05) is 26.1 Å². The molecule has 0 aliphatic heterocycles. The molecule has 0 fully saturated rings. The molecule has 0 bridgehead atoms. The molecule has 0 aromatic carbocycles. The fraction of sp³-hybridized carbons (Fsp3) is 0.600. The van der Waals surface area contributed by atoms with E-state index >= 15 is 0 Å². The number of aliphatic carboxylic acids is 1. The largest absolute Gasteiger partial charge is 0.481 e. The molecule has 20 heavy (non-hydrogen) atoms. The van der Waals surface area contributed by atoms with Crippen molar-refractivity contribution in [2.45, 2.75) is 26.7 Å². The molecule has 0 rings (SSSR count). The smallest absolute Gasteiger partial charge is 0.317 e. The fourth-order valence-electron chi connectivity index (χ4n) is 2.05. The Kier molecular flexibility index (Phi) is 9.17. The number of amides is 2. The number of carboxylic acids is 1. The first-order valence-corrected chi connectivity index (χ1v) is 6.87. The molecule has 2 N–H and O–H groups in total. The van der Waals surface area contributed by atoms with Gasteiger partial charge in [0.2, 0.25) is 0 Å². The molecule has 5 nitrogen and oxygen atoms in total. The standard InChI is InChI=1S/C15H26N2O3/c1-5-7-17(8-6-2)15(20)16-11-13(9-12(3)4)10-14(18)19/h5-6,12-13H,1-2,7-11H2,3-4H3,(H,16,20)(H,18,19)/t13-/m0/s1. The number of urea groups is 1. The maximum atomic E-state index is 12.0. The zero-order valence-electron chi connectivity index (χ0n) is 12.5. The molecule has 114 valence electrons. The number of hydrogen-bond donors (Lipinski definition) is 2. The predicted molar refractivity (Wildman–Crippen MR) is 80.6 cm³/mol. The highest BCUT2D eigenvalue weighted by Gasteiger charge is 2.17. The van der Waals surface area contributed by atoms with Crippen LogP contribution in [-0.2, 0) is 4.79 Å². The van der Waals surface area contributed by atoms with Crippen LogP contribution in [0, 0.1) is 11.8 Å². The van der Waals surface area contributed by atoms with Gasteiger partial charge < -0.3 is 15.3 Å². The summed E-state index contributed by atoms with van der Waals surface area (Å²) < 4.78 is 0. The van der Waals surface area contributed by atoms with Crippen LogP contribution in [0.25, 0.3) is 0 Å². The first kappa shape index (κ1) is 18.2. The third kappa shape index (κ3) is 8.34. The molecule has 0 saturated carbocycles. The highest BCUT2D eigenvalue weighted by Crippen LogP contribution is 2.14. The molecule has 0 saturated heterocycles. The SMILES string of the molecule is C=CCN(CC=C)C(=O)NC[C@H](CC(=O)O)CC(C)C. The van der Waals surface area contributed by atoms with Gasteiger partial charge in [0.1, 0.15) is 0 Å². The highest BCUT2D eigenvalue weighted by molar-refractivity contribution is 5.74. The molecule has 0 spiro atoms. The van der Waals surface area contributed by atoms with Gasteiger partial charge in [-0.3, -0.25) is 4.79 Å². The van der Waals surface area contributed by atoms with E-state index in [1.165, 1.54) is 0 Å². The Morgan fingerprint density at radius 1 is 1.25 bits per heavy atom. The zero-order chi connectivity index (χ0) is 15.5. The third-order valence-electron chi connectivity index (χ3n) is 2.80. The van der Waals surface area contributed by atoms with E-state index in [1.54, 1.807) is 17.1 Å². The van der Waals surface area contributed by atoms with E-state index in [1.807, 2.05) is 13.8 Å². The predicted octanol–water partition coefficient (Wildman–Crippen LogP) is 2.51. The summed E-state index contributed by atoms with van der Waals surface area (Å²) >= 11 is 0. The van der Waals surface area contributed by atoms with Gasteiger partial charge in [-0.1, -0.05) is 26.0 Å². The molecule has 1 atom stereocenters. The molecule has 0 aromatic heterocycles. The molecule has 0 aliphatic carbocycles. The van der Waals surface area contributed by atoms with Crippen molar-refractivity contribution in [1.82, 2.24) is 10.2 Å². The van der Waals surface area contributed by atoms with Crippen LogP contribution < -0.4 is 5.32 Å². The van der Waals surface area contributed by atoms with Gasteiger partial charge in [-0.2, -0.15) is 0 Å². The Bertz CT molecular complexity index is 330. The van der Waals surface area contributed by atoms with Gasteiger partial charge in [-0.05, 0) is 18.3 Å². The third-order valence-corrected chi connectivity index (χ3v) is 2.80. The monoisotopic (exact) mass is 282 g/mol. The average Bonchev–Trinajstić information content (AvgIpc) is 2.34. The van der Waals surface area contributed by atoms with Gasteiger partial charge in [0.15, 0.2) is 0 Å². The fourth-order valence-corrected chi connectivity index (χ4v) is 2.05. The average molecular weight is 282 g/mol. The summed E-state index contributed by atoms with van der Waals surface area (Å²) in [6, 6.07) is -0.219.